The van der Waals surface area contributed by atoms with Gasteiger partial charge in [0.2, 0.25) is 5.60 Å². The van der Waals surface area contributed by atoms with Crippen molar-refractivity contribution in [2.45, 2.75) is 32.1 Å². The number of esters is 2. The normalized spacial score (nSPS) is 17.8. The van der Waals surface area contributed by atoms with Crippen molar-refractivity contribution in [1.82, 2.24) is 9.55 Å². The summed E-state index contributed by atoms with van der Waals surface area (Å²) >= 11 is 0. The Hall–Kier alpha value is -4.53. The lowest BCUT2D eigenvalue weighted by Gasteiger charge is -2.35. The average Bonchev–Trinajstić information content (AvgIpc) is 3.23. The number of halogens is 1. The van der Waals surface area contributed by atoms with Gasteiger partial charge in [-0.2, -0.15) is 0 Å². The van der Waals surface area contributed by atoms with Gasteiger partial charge in [-0.05, 0) is 42.8 Å². The number of cyclic esters (lactones) is 1. The van der Waals surface area contributed by atoms with E-state index < -0.39 is 23.4 Å². The quantitative estimate of drug-likeness (QED) is 0.306. The number of carbonyl (C=O) groups is 2. The molecule has 9 heteroatoms. The van der Waals surface area contributed by atoms with Crippen LogP contribution in [0.3, 0.4) is 0 Å². The molecule has 2 aliphatic heterocycles. The molecule has 0 spiro atoms. The molecule has 36 heavy (non-hydrogen) atoms. The highest BCUT2D eigenvalue weighted by atomic mass is 19.1. The first-order chi connectivity index (χ1) is 17.3. The second-order valence-electron chi connectivity index (χ2n) is 8.85. The molecule has 0 aliphatic carbocycles. The maximum absolute atomic E-state index is 14.3. The van der Waals surface area contributed by atoms with Crippen LogP contribution >= 0.6 is 0 Å². The van der Waals surface area contributed by atoms with Crippen LogP contribution in [0.4, 0.5) is 10.1 Å². The lowest BCUT2D eigenvalue weighted by molar-refractivity contribution is -0.173. The summed E-state index contributed by atoms with van der Waals surface area (Å²) < 4.78 is 26.9. The summed E-state index contributed by atoms with van der Waals surface area (Å²) in [7, 11) is 0. The zero-order chi connectivity index (χ0) is 25.2. The molecule has 2 aromatic heterocycles. The third kappa shape index (κ3) is 2.98. The van der Waals surface area contributed by atoms with Crippen LogP contribution in [0.1, 0.15) is 40.4 Å². The summed E-state index contributed by atoms with van der Waals surface area (Å²) in [4.78, 5) is 44.4. The molecule has 1 atom stereocenters. The fourth-order valence-corrected chi connectivity index (χ4v) is 5.02. The molecule has 8 nitrogen and oxygen atoms in total. The first-order valence-corrected chi connectivity index (χ1v) is 11.4. The molecule has 0 fully saturated rings. The van der Waals surface area contributed by atoms with Gasteiger partial charge in [-0.25, -0.2) is 19.0 Å². The highest BCUT2D eigenvalue weighted by Crippen LogP contribution is 2.41. The molecule has 6 rings (SSSR count). The molecule has 0 radical (unpaired) electrons. The molecule has 2 aromatic carbocycles. The summed E-state index contributed by atoms with van der Waals surface area (Å²) in [6.45, 7) is 1.65. The van der Waals surface area contributed by atoms with Crippen molar-refractivity contribution in [1.29, 1.82) is 0 Å². The Morgan fingerprint density at radius 3 is 2.78 bits per heavy atom. The number of hydrogen-bond donors (Lipinski definition) is 1. The predicted octanol–water partition coefficient (Wildman–Crippen LogP) is 3.67. The van der Waals surface area contributed by atoms with Crippen molar-refractivity contribution in [3.8, 4) is 11.4 Å². The molecule has 2 N–H and O–H groups in total. The van der Waals surface area contributed by atoms with Crippen molar-refractivity contribution >= 4 is 28.5 Å². The van der Waals surface area contributed by atoms with E-state index in [-0.39, 0.29) is 41.8 Å². The Bertz CT molecular complexity index is 1680. The van der Waals surface area contributed by atoms with Crippen LogP contribution in [0.15, 0.2) is 59.4 Å². The van der Waals surface area contributed by atoms with Crippen LogP contribution in [0.5, 0.6) is 0 Å². The van der Waals surface area contributed by atoms with Crippen molar-refractivity contribution in [2.75, 3.05) is 5.73 Å². The molecule has 0 saturated carbocycles. The van der Waals surface area contributed by atoms with E-state index in [4.69, 9.17) is 20.2 Å². The summed E-state index contributed by atoms with van der Waals surface area (Å²) in [5, 5.41) is 0.780. The van der Waals surface area contributed by atoms with E-state index in [2.05, 4.69) is 0 Å². The van der Waals surface area contributed by atoms with Crippen molar-refractivity contribution < 1.29 is 23.5 Å². The third-order valence-corrected chi connectivity index (χ3v) is 6.91. The number of nitrogens with zero attached hydrogens (tertiary/aromatic N) is 2. The van der Waals surface area contributed by atoms with Crippen molar-refractivity contribution in [3.05, 3.63) is 93.0 Å². The first kappa shape index (κ1) is 22.0. The molecule has 4 heterocycles. The maximum atomic E-state index is 14.3. The Morgan fingerprint density at radius 1 is 1.19 bits per heavy atom. The van der Waals surface area contributed by atoms with Crippen molar-refractivity contribution in [3.63, 3.8) is 0 Å². The van der Waals surface area contributed by atoms with Crippen LogP contribution in [0, 0.1) is 5.82 Å². The largest absolute Gasteiger partial charge is 0.457 e. The minimum atomic E-state index is -1.91. The van der Waals surface area contributed by atoms with E-state index in [1.807, 2.05) is 12.1 Å². The summed E-state index contributed by atoms with van der Waals surface area (Å²) in [6.07, 6.45) is -0.0174. The van der Waals surface area contributed by atoms with Crippen molar-refractivity contribution in [2.24, 2.45) is 0 Å². The number of fused-ring (bicyclic) bond motifs is 5. The molecular weight excluding hydrogens is 465 g/mol. The fraction of sp³-hybridized carbons (Fsp3) is 0.185. The Balaban J connectivity index is 1.54. The van der Waals surface area contributed by atoms with Crippen LogP contribution in [-0.2, 0) is 33.0 Å². The number of anilines is 1. The van der Waals surface area contributed by atoms with E-state index >= 15 is 0 Å². The van der Waals surface area contributed by atoms with Gasteiger partial charge >= 0.3 is 11.9 Å². The zero-order valence-electron chi connectivity index (χ0n) is 19.2. The van der Waals surface area contributed by atoms with Gasteiger partial charge in [0.05, 0.1) is 34.6 Å². The average molecular weight is 485 g/mol. The number of hydrogen-bond acceptors (Lipinski definition) is 7. The molecule has 180 valence electrons. The lowest BCUT2D eigenvalue weighted by Crippen LogP contribution is -2.47. The molecule has 0 bridgehead atoms. The minimum Gasteiger partial charge on any atom is -0.457 e. The predicted molar refractivity (Wildman–Crippen MR) is 129 cm³/mol. The van der Waals surface area contributed by atoms with E-state index in [0.717, 1.165) is 17.0 Å². The summed E-state index contributed by atoms with van der Waals surface area (Å²) in [6, 6.07) is 14.3. The van der Waals surface area contributed by atoms with Gasteiger partial charge in [-0.15, -0.1) is 0 Å². The molecule has 4 aromatic rings. The number of nitrogens with two attached hydrogens (primary N) is 1. The zero-order valence-corrected chi connectivity index (χ0v) is 19.2. The van der Waals surface area contributed by atoms with Gasteiger partial charge in [-0.3, -0.25) is 4.79 Å². The van der Waals surface area contributed by atoms with Crippen LogP contribution in [-0.4, -0.2) is 21.5 Å². The van der Waals surface area contributed by atoms with E-state index in [0.29, 0.717) is 22.6 Å². The molecule has 0 amide bonds. The SMILES string of the molecule is CC[C@@]1(OC(=O)c2ccccc2F)C(=O)OCc2c1cc1n(c2=O)Cc2cc3c(N)cccc3nc2-1. The van der Waals surface area contributed by atoms with Gasteiger partial charge < -0.3 is 19.8 Å². The van der Waals surface area contributed by atoms with Crippen LogP contribution < -0.4 is 11.3 Å². The summed E-state index contributed by atoms with van der Waals surface area (Å²) in [5.74, 6) is -2.62. The third-order valence-electron chi connectivity index (χ3n) is 6.91. The van der Waals surface area contributed by atoms with Gasteiger partial charge in [-0.1, -0.05) is 25.1 Å². The molecular formula is C27H20FN3O5. The van der Waals surface area contributed by atoms with E-state index in [1.165, 1.54) is 18.2 Å². The lowest BCUT2D eigenvalue weighted by atomic mass is 9.85. The summed E-state index contributed by atoms with van der Waals surface area (Å²) in [5.41, 5.74) is 7.07. The number of aromatic nitrogens is 2. The second-order valence-corrected chi connectivity index (χ2v) is 8.85. The monoisotopic (exact) mass is 485 g/mol. The molecule has 0 unspecified atom stereocenters. The number of ether oxygens (including phenoxy) is 2. The highest BCUT2D eigenvalue weighted by molar-refractivity contribution is 5.95. The minimum absolute atomic E-state index is 0.0174. The number of nitrogen functional groups attached to an aromatic ring is 1. The van der Waals surface area contributed by atoms with E-state index in [1.54, 1.807) is 29.7 Å². The smallest absolute Gasteiger partial charge is 0.355 e. The Kier molecular flexibility index (Phi) is 4.72. The number of benzene rings is 2. The maximum Gasteiger partial charge on any atom is 0.355 e. The van der Waals surface area contributed by atoms with E-state index in [9.17, 15) is 18.8 Å². The molecule has 0 saturated heterocycles. The number of carbonyl (C=O) groups excluding carboxylic acids is 2. The standard InChI is InChI=1S/C27H20FN3O5/c1-2-27(36-25(33)15-6-3-4-7-19(15)28)18-11-22-23-14(10-16-20(29)8-5-9-21(16)30-23)12-31(22)24(32)17(18)13-35-26(27)34/h3-11H,2,12-13,29H2,1H3/t27-/m0/s1. The van der Waals surface area contributed by atoms with Crippen LogP contribution in [0.2, 0.25) is 0 Å². The Morgan fingerprint density at radius 2 is 2.00 bits per heavy atom. The number of pyridine rings is 2. The first-order valence-electron chi connectivity index (χ1n) is 11.4. The van der Waals surface area contributed by atoms with Crippen LogP contribution in [0.25, 0.3) is 22.3 Å². The fourth-order valence-electron chi connectivity index (χ4n) is 5.02. The number of rotatable bonds is 3. The van der Waals surface area contributed by atoms with Gasteiger partial charge in [0.1, 0.15) is 12.4 Å². The van der Waals surface area contributed by atoms with Gasteiger partial charge in [0.25, 0.3) is 5.56 Å². The molecule has 2 aliphatic rings. The van der Waals surface area contributed by atoms with Gasteiger partial charge in [0, 0.05) is 22.2 Å². The second kappa shape index (κ2) is 7.74. The van der Waals surface area contributed by atoms with Gasteiger partial charge in [0.15, 0.2) is 0 Å². The topological polar surface area (TPSA) is 114 Å². The Labute approximate surface area is 204 Å². The highest BCUT2D eigenvalue weighted by Gasteiger charge is 2.50.